The highest BCUT2D eigenvalue weighted by atomic mass is 35.5. The van der Waals surface area contributed by atoms with Gasteiger partial charge in [-0.05, 0) is 32.4 Å². The predicted octanol–water partition coefficient (Wildman–Crippen LogP) is 1.49. The van der Waals surface area contributed by atoms with E-state index in [2.05, 4.69) is 20.6 Å². The van der Waals surface area contributed by atoms with Crippen LogP contribution in [-0.2, 0) is 22.7 Å². The molecule has 0 saturated carbocycles. The van der Waals surface area contributed by atoms with E-state index in [4.69, 9.17) is 16.3 Å². The highest BCUT2D eigenvalue weighted by Crippen LogP contribution is 2.25. The van der Waals surface area contributed by atoms with Crippen molar-refractivity contribution < 1.29 is 9.53 Å². The van der Waals surface area contributed by atoms with Gasteiger partial charge in [-0.1, -0.05) is 0 Å². The summed E-state index contributed by atoms with van der Waals surface area (Å²) in [7, 11) is 0. The summed E-state index contributed by atoms with van der Waals surface area (Å²) in [6, 6.07) is 0. The summed E-state index contributed by atoms with van der Waals surface area (Å²) in [4.78, 5) is 19.9. The van der Waals surface area contributed by atoms with Crippen molar-refractivity contribution in [2.75, 3.05) is 11.9 Å². The highest BCUT2D eigenvalue weighted by Gasteiger charge is 2.20. The van der Waals surface area contributed by atoms with Crippen LogP contribution in [0, 0.1) is 0 Å². The quantitative estimate of drug-likeness (QED) is 0.823. The van der Waals surface area contributed by atoms with Gasteiger partial charge in [0.1, 0.15) is 5.82 Å². The zero-order valence-electron chi connectivity index (χ0n) is 11.2. The molecular formula is C12H17ClN4O2. The molecule has 0 saturated heterocycles. The summed E-state index contributed by atoms with van der Waals surface area (Å²) in [5.74, 6) is 0.464. The van der Waals surface area contributed by atoms with Crippen molar-refractivity contribution in [2.45, 2.75) is 39.5 Å². The maximum absolute atomic E-state index is 11.7. The molecule has 104 valence electrons. The molecule has 0 unspecified atom stereocenters. The Morgan fingerprint density at radius 3 is 2.79 bits per heavy atom. The van der Waals surface area contributed by atoms with E-state index < -0.39 is 0 Å². The van der Waals surface area contributed by atoms with Gasteiger partial charge in [0.15, 0.2) is 0 Å². The van der Waals surface area contributed by atoms with Crippen molar-refractivity contribution in [3.63, 3.8) is 0 Å². The number of hydrogen-bond acceptors (Lipinski definition) is 5. The minimum Gasteiger partial charge on any atom is -0.370 e. The third-order valence-electron chi connectivity index (χ3n) is 2.48. The Kier molecular flexibility index (Phi) is 3.91. The topological polar surface area (TPSA) is 76.1 Å². The second-order valence-electron chi connectivity index (χ2n) is 5.41. The van der Waals surface area contributed by atoms with E-state index in [1.165, 1.54) is 0 Å². The fourth-order valence-corrected chi connectivity index (χ4v) is 1.98. The van der Waals surface area contributed by atoms with Gasteiger partial charge in [-0.15, -0.1) is 0 Å². The van der Waals surface area contributed by atoms with Gasteiger partial charge in [-0.25, -0.2) is 9.97 Å². The van der Waals surface area contributed by atoms with E-state index in [0.717, 1.165) is 11.3 Å². The maximum atomic E-state index is 11.7. The number of fused-ring (bicyclic) bond motifs is 1. The second-order valence-corrected chi connectivity index (χ2v) is 5.75. The summed E-state index contributed by atoms with van der Waals surface area (Å²) in [5.41, 5.74) is 1.39. The van der Waals surface area contributed by atoms with E-state index in [0.29, 0.717) is 19.0 Å². The Morgan fingerprint density at radius 2 is 2.11 bits per heavy atom. The molecule has 19 heavy (non-hydrogen) atoms. The lowest BCUT2D eigenvalue weighted by Gasteiger charge is -2.20. The van der Waals surface area contributed by atoms with Crippen molar-refractivity contribution in [1.29, 1.82) is 0 Å². The van der Waals surface area contributed by atoms with Gasteiger partial charge in [-0.3, -0.25) is 4.79 Å². The zero-order chi connectivity index (χ0) is 14.0. The van der Waals surface area contributed by atoms with Crippen molar-refractivity contribution >= 4 is 23.3 Å². The zero-order valence-corrected chi connectivity index (χ0v) is 12.0. The molecule has 0 radical (unpaired) electrons. The number of anilines is 1. The first-order chi connectivity index (χ1) is 8.85. The van der Waals surface area contributed by atoms with Crippen LogP contribution >= 0.6 is 11.6 Å². The average Bonchev–Trinajstić information content (AvgIpc) is 2.71. The van der Waals surface area contributed by atoms with E-state index in [1.54, 1.807) is 0 Å². The minimum absolute atomic E-state index is 0.102. The molecule has 1 aromatic rings. The molecule has 0 aliphatic carbocycles. The number of rotatable bonds is 3. The van der Waals surface area contributed by atoms with Gasteiger partial charge in [0.2, 0.25) is 11.2 Å². The summed E-state index contributed by atoms with van der Waals surface area (Å²) in [6.07, 6.45) is 0. The Labute approximate surface area is 116 Å². The van der Waals surface area contributed by atoms with Crippen molar-refractivity contribution in [1.82, 2.24) is 15.3 Å². The largest absolute Gasteiger partial charge is 0.370 e. The number of nitrogens with one attached hydrogen (secondary N) is 2. The number of hydrogen-bond donors (Lipinski definition) is 2. The van der Waals surface area contributed by atoms with Crippen molar-refractivity contribution in [2.24, 2.45) is 0 Å². The van der Waals surface area contributed by atoms with Gasteiger partial charge in [-0.2, -0.15) is 0 Å². The van der Waals surface area contributed by atoms with Crippen molar-refractivity contribution in [3.05, 3.63) is 16.5 Å². The molecule has 1 aliphatic heterocycles. The van der Waals surface area contributed by atoms with Gasteiger partial charge < -0.3 is 15.4 Å². The van der Waals surface area contributed by atoms with Crippen LogP contribution in [0.4, 0.5) is 5.82 Å². The summed E-state index contributed by atoms with van der Waals surface area (Å²) < 4.78 is 5.30. The molecule has 0 bridgehead atoms. The van der Waals surface area contributed by atoms with Crippen LogP contribution in [0.1, 0.15) is 32.0 Å². The first-order valence-corrected chi connectivity index (χ1v) is 6.41. The molecule has 2 N–H and O–H groups in total. The fourth-order valence-electron chi connectivity index (χ4n) is 1.79. The van der Waals surface area contributed by atoms with Crippen LogP contribution in [0.3, 0.4) is 0 Å². The lowest BCUT2D eigenvalue weighted by Crippen LogP contribution is -2.43. The predicted molar refractivity (Wildman–Crippen MR) is 71.9 cm³/mol. The molecule has 0 fully saturated rings. The normalized spacial score (nSPS) is 14.1. The summed E-state index contributed by atoms with van der Waals surface area (Å²) in [5, 5.41) is 6.00. The molecule has 2 heterocycles. The molecule has 0 spiro atoms. The first-order valence-electron chi connectivity index (χ1n) is 6.03. The van der Waals surface area contributed by atoms with E-state index in [9.17, 15) is 4.79 Å². The Hall–Kier alpha value is -1.40. The van der Waals surface area contributed by atoms with E-state index in [1.807, 2.05) is 20.8 Å². The highest BCUT2D eigenvalue weighted by molar-refractivity contribution is 6.28. The van der Waals surface area contributed by atoms with Crippen LogP contribution in [0.5, 0.6) is 0 Å². The molecule has 0 aromatic carbocycles. The number of carbonyl (C=O) groups excluding carboxylic acids is 1. The smallest absolute Gasteiger partial charge is 0.239 e. The standard InChI is InChI=1S/C12H17ClN4O2/c1-12(2,3)17-9(18)4-14-10-7-5-19-6-8(7)15-11(13)16-10/h4-6H2,1-3H3,(H,17,18)(H,14,15,16). The minimum atomic E-state index is -0.257. The molecule has 2 rings (SSSR count). The van der Waals surface area contributed by atoms with Gasteiger partial charge in [0.05, 0.1) is 25.5 Å². The Morgan fingerprint density at radius 1 is 1.37 bits per heavy atom. The van der Waals surface area contributed by atoms with Crippen molar-refractivity contribution in [3.8, 4) is 0 Å². The lowest BCUT2D eigenvalue weighted by atomic mass is 10.1. The number of nitrogens with zero attached hydrogens (tertiary/aromatic N) is 2. The third kappa shape index (κ3) is 3.78. The van der Waals surface area contributed by atoms with E-state index in [-0.39, 0.29) is 23.3 Å². The maximum Gasteiger partial charge on any atom is 0.239 e. The second kappa shape index (κ2) is 5.30. The summed E-state index contributed by atoms with van der Waals surface area (Å²) >= 11 is 5.83. The van der Waals surface area contributed by atoms with E-state index >= 15 is 0 Å². The number of ether oxygens (including phenoxy) is 1. The first kappa shape index (κ1) is 14.0. The SMILES string of the molecule is CC(C)(C)NC(=O)CNc1nc(Cl)nc2c1COC2. The lowest BCUT2D eigenvalue weighted by molar-refractivity contribution is -0.120. The number of carbonyl (C=O) groups is 1. The van der Waals surface area contributed by atoms with Gasteiger partial charge >= 0.3 is 0 Å². The average molecular weight is 285 g/mol. The van der Waals surface area contributed by atoms with Gasteiger partial charge in [0.25, 0.3) is 0 Å². The Bertz CT molecular complexity index is 499. The molecule has 1 aromatic heterocycles. The molecule has 6 nitrogen and oxygen atoms in total. The summed E-state index contributed by atoms with van der Waals surface area (Å²) in [6.45, 7) is 6.79. The fraction of sp³-hybridized carbons (Fsp3) is 0.583. The van der Waals surface area contributed by atoms with Crippen LogP contribution < -0.4 is 10.6 Å². The number of halogens is 1. The molecule has 1 aliphatic rings. The number of aromatic nitrogens is 2. The van der Waals surface area contributed by atoms with Crippen LogP contribution in [-0.4, -0.2) is 28.0 Å². The monoisotopic (exact) mass is 284 g/mol. The molecule has 0 atom stereocenters. The molecule has 1 amide bonds. The van der Waals surface area contributed by atoms with Gasteiger partial charge in [0, 0.05) is 11.1 Å². The van der Waals surface area contributed by atoms with Crippen LogP contribution in [0.2, 0.25) is 5.28 Å². The number of amides is 1. The molecule has 7 heteroatoms. The molecular weight excluding hydrogens is 268 g/mol. The van der Waals surface area contributed by atoms with Crippen LogP contribution in [0.25, 0.3) is 0 Å². The van der Waals surface area contributed by atoms with Crippen LogP contribution in [0.15, 0.2) is 0 Å². The Balaban J connectivity index is 2.02. The third-order valence-corrected chi connectivity index (χ3v) is 2.65.